The van der Waals surface area contributed by atoms with Crippen molar-refractivity contribution in [2.45, 2.75) is 26.2 Å². The van der Waals surface area contributed by atoms with E-state index in [1.54, 1.807) is 12.1 Å². The first-order valence-corrected chi connectivity index (χ1v) is 9.56. The van der Waals surface area contributed by atoms with Gasteiger partial charge in [-0.05, 0) is 36.2 Å². The Bertz CT molecular complexity index is 948. The van der Waals surface area contributed by atoms with E-state index in [1.165, 1.54) is 0 Å². The van der Waals surface area contributed by atoms with Gasteiger partial charge in [0.2, 0.25) is 17.8 Å². The van der Waals surface area contributed by atoms with Crippen LogP contribution in [0.1, 0.15) is 26.2 Å². The minimum Gasteiger partial charge on any atom is -0.368 e. The van der Waals surface area contributed by atoms with Crippen molar-refractivity contribution in [1.82, 2.24) is 15.2 Å². The van der Waals surface area contributed by atoms with Crippen molar-refractivity contribution in [3.05, 3.63) is 46.4 Å². The maximum absolute atomic E-state index is 11.8. The minimum atomic E-state index is 0.00806. The average Bonchev–Trinajstić information content (AvgIpc) is 3.05. The van der Waals surface area contributed by atoms with E-state index >= 15 is 0 Å². The Kier molecular flexibility index (Phi) is 6.38. The van der Waals surface area contributed by atoms with Gasteiger partial charge in [0.25, 0.3) is 0 Å². The van der Waals surface area contributed by atoms with Gasteiger partial charge in [-0.25, -0.2) is 5.10 Å². The third-order valence-corrected chi connectivity index (χ3v) is 4.61. The Labute approximate surface area is 172 Å². The van der Waals surface area contributed by atoms with Crippen molar-refractivity contribution >= 4 is 52.4 Å². The summed E-state index contributed by atoms with van der Waals surface area (Å²) >= 11 is 12.9. The Morgan fingerprint density at radius 2 is 1.82 bits per heavy atom. The van der Waals surface area contributed by atoms with Crippen LogP contribution >= 0.6 is 23.2 Å². The molecule has 2 aromatic carbocycles. The van der Waals surface area contributed by atoms with E-state index in [0.717, 1.165) is 24.1 Å². The van der Waals surface area contributed by atoms with E-state index in [9.17, 15) is 4.79 Å². The summed E-state index contributed by atoms with van der Waals surface area (Å²) in [7, 11) is 0. The van der Waals surface area contributed by atoms with E-state index < -0.39 is 0 Å². The van der Waals surface area contributed by atoms with Crippen LogP contribution in [0.2, 0.25) is 10.0 Å². The predicted molar refractivity (Wildman–Crippen MR) is 114 cm³/mol. The van der Waals surface area contributed by atoms with Crippen LogP contribution < -0.4 is 16.4 Å². The van der Waals surface area contributed by atoms with Gasteiger partial charge in [0.15, 0.2) is 0 Å². The molecule has 3 rings (SSSR count). The van der Waals surface area contributed by atoms with Crippen LogP contribution in [-0.4, -0.2) is 21.1 Å². The standard InChI is InChI=1S/C19H20Cl2N6O/c1-2-3-4-16(28)23-12-7-5-11(6-8-12)17-14(20)9-13(10-15(17)21)24-19-25-18(22)26-27-19/h5-10H,2-4H2,1H3,(H,23,28)(H4,22,24,25,26,27). The van der Waals surface area contributed by atoms with Gasteiger partial charge in [-0.15, -0.1) is 5.10 Å². The molecule has 7 nitrogen and oxygen atoms in total. The lowest BCUT2D eigenvalue weighted by atomic mass is 10.0. The van der Waals surface area contributed by atoms with Gasteiger partial charge >= 0.3 is 0 Å². The highest BCUT2D eigenvalue weighted by atomic mass is 35.5. The molecule has 1 amide bonds. The number of carbonyl (C=O) groups is 1. The van der Waals surface area contributed by atoms with Crippen LogP contribution in [0.5, 0.6) is 0 Å². The molecule has 0 atom stereocenters. The third kappa shape index (κ3) is 4.94. The van der Waals surface area contributed by atoms with E-state index in [-0.39, 0.29) is 11.9 Å². The molecule has 0 bridgehead atoms. The summed E-state index contributed by atoms with van der Waals surface area (Å²) in [4.78, 5) is 15.8. The number of halogens is 2. The molecule has 0 fully saturated rings. The number of hydrogen-bond acceptors (Lipinski definition) is 5. The molecule has 0 saturated carbocycles. The van der Waals surface area contributed by atoms with Gasteiger partial charge in [-0.1, -0.05) is 48.7 Å². The molecule has 28 heavy (non-hydrogen) atoms. The van der Waals surface area contributed by atoms with Gasteiger partial charge in [-0.2, -0.15) is 4.98 Å². The summed E-state index contributed by atoms with van der Waals surface area (Å²) in [6.45, 7) is 2.05. The molecular weight excluding hydrogens is 399 g/mol. The Hall–Kier alpha value is -2.77. The second kappa shape index (κ2) is 8.95. The van der Waals surface area contributed by atoms with Crippen LogP contribution in [0.3, 0.4) is 0 Å². The summed E-state index contributed by atoms with van der Waals surface area (Å²) < 4.78 is 0. The van der Waals surface area contributed by atoms with E-state index in [4.69, 9.17) is 28.9 Å². The smallest absolute Gasteiger partial charge is 0.248 e. The maximum atomic E-state index is 11.8. The van der Waals surface area contributed by atoms with Gasteiger partial charge in [0, 0.05) is 23.4 Å². The Balaban J connectivity index is 1.76. The van der Waals surface area contributed by atoms with Gasteiger partial charge in [0.1, 0.15) is 0 Å². The second-order valence-electron chi connectivity index (χ2n) is 6.21. The first-order chi connectivity index (χ1) is 13.5. The summed E-state index contributed by atoms with van der Waals surface area (Å²) in [6, 6.07) is 10.9. The number of hydrogen-bond donors (Lipinski definition) is 4. The first kappa shape index (κ1) is 20.0. The van der Waals surface area contributed by atoms with Crippen LogP contribution in [0.25, 0.3) is 11.1 Å². The molecule has 0 saturated heterocycles. The molecule has 0 aliphatic carbocycles. The molecule has 1 aromatic heterocycles. The third-order valence-electron chi connectivity index (χ3n) is 4.02. The van der Waals surface area contributed by atoms with Crippen LogP contribution in [0, 0.1) is 0 Å². The summed E-state index contributed by atoms with van der Waals surface area (Å²) in [5, 5.41) is 13.3. The van der Waals surface area contributed by atoms with Crippen molar-refractivity contribution in [3.8, 4) is 11.1 Å². The Morgan fingerprint density at radius 3 is 2.39 bits per heavy atom. The van der Waals surface area contributed by atoms with Crippen molar-refractivity contribution in [1.29, 1.82) is 0 Å². The highest BCUT2D eigenvalue weighted by molar-refractivity contribution is 6.39. The van der Waals surface area contributed by atoms with Gasteiger partial charge < -0.3 is 16.4 Å². The highest BCUT2D eigenvalue weighted by Gasteiger charge is 2.12. The van der Waals surface area contributed by atoms with Gasteiger partial charge in [-0.3, -0.25) is 4.79 Å². The zero-order valence-electron chi connectivity index (χ0n) is 15.2. The van der Waals surface area contributed by atoms with Crippen molar-refractivity contribution in [2.24, 2.45) is 0 Å². The number of unbranched alkanes of at least 4 members (excludes halogenated alkanes) is 1. The molecule has 3 aromatic rings. The number of aromatic amines is 1. The fourth-order valence-corrected chi connectivity index (χ4v) is 3.37. The molecule has 0 unspecified atom stereocenters. The highest BCUT2D eigenvalue weighted by Crippen LogP contribution is 2.38. The molecule has 0 aliphatic heterocycles. The van der Waals surface area contributed by atoms with E-state index in [2.05, 4.69) is 32.7 Å². The number of nitrogens with two attached hydrogens (primary N) is 1. The monoisotopic (exact) mass is 418 g/mol. The lowest BCUT2D eigenvalue weighted by Crippen LogP contribution is -2.10. The minimum absolute atomic E-state index is 0.00806. The summed E-state index contributed by atoms with van der Waals surface area (Å²) in [6.07, 6.45) is 2.37. The Morgan fingerprint density at radius 1 is 1.14 bits per heavy atom. The molecule has 0 spiro atoms. The number of nitrogens with zero attached hydrogens (tertiary/aromatic N) is 2. The number of carbonyl (C=O) groups excluding carboxylic acids is 1. The number of nitrogens with one attached hydrogen (secondary N) is 3. The zero-order chi connectivity index (χ0) is 20.1. The average molecular weight is 419 g/mol. The van der Waals surface area contributed by atoms with Gasteiger partial charge in [0.05, 0.1) is 10.0 Å². The van der Waals surface area contributed by atoms with Crippen molar-refractivity contribution in [2.75, 3.05) is 16.4 Å². The first-order valence-electron chi connectivity index (χ1n) is 8.80. The number of aromatic nitrogens is 3. The molecule has 1 heterocycles. The summed E-state index contributed by atoms with van der Waals surface area (Å²) in [5.74, 6) is 0.535. The number of nitrogen functional groups attached to an aromatic ring is 1. The topological polar surface area (TPSA) is 109 Å². The van der Waals surface area contributed by atoms with Crippen molar-refractivity contribution in [3.63, 3.8) is 0 Å². The molecule has 0 radical (unpaired) electrons. The quantitative estimate of drug-likeness (QED) is 0.419. The SMILES string of the molecule is CCCCC(=O)Nc1ccc(-c2c(Cl)cc(Nc3n[nH]c(N)n3)cc2Cl)cc1. The number of benzene rings is 2. The van der Waals surface area contributed by atoms with Crippen molar-refractivity contribution < 1.29 is 4.79 Å². The zero-order valence-corrected chi connectivity index (χ0v) is 16.7. The van der Waals surface area contributed by atoms with E-state index in [0.29, 0.717) is 33.7 Å². The fraction of sp³-hybridized carbons (Fsp3) is 0.211. The molecule has 9 heteroatoms. The molecule has 146 valence electrons. The number of H-pyrrole nitrogens is 1. The number of rotatable bonds is 7. The summed E-state index contributed by atoms with van der Waals surface area (Å²) in [5.41, 5.74) is 8.43. The number of amides is 1. The second-order valence-corrected chi connectivity index (χ2v) is 7.03. The molecule has 0 aliphatic rings. The normalized spacial score (nSPS) is 10.7. The molecule has 5 N–H and O–H groups in total. The predicted octanol–water partition coefficient (Wildman–Crippen LogP) is 5.23. The largest absolute Gasteiger partial charge is 0.368 e. The van der Waals surface area contributed by atoms with E-state index in [1.807, 2.05) is 24.3 Å². The van der Waals surface area contributed by atoms with Crippen LogP contribution in [0.15, 0.2) is 36.4 Å². The molecular formula is C19H20Cl2N6O. The lowest BCUT2D eigenvalue weighted by molar-refractivity contribution is -0.116. The van der Waals surface area contributed by atoms with Crippen LogP contribution in [0.4, 0.5) is 23.3 Å². The fourth-order valence-electron chi connectivity index (χ4n) is 2.66. The number of anilines is 4. The lowest BCUT2D eigenvalue weighted by Gasteiger charge is -2.12. The maximum Gasteiger partial charge on any atom is 0.248 e. The van der Waals surface area contributed by atoms with Crippen LogP contribution in [-0.2, 0) is 4.79 Å².